The summed E-state index contributed by atoms with van der Waals surface area (Å²) in [6, 6.07) is 5.88. The molecule has 27 heavy (non-hydrogen) atoms. The van der Waals surface area contributed by atoms with E-state index in [1.165, 1.54) is 27.3 Å². The largest absolute Gasteiger partial charge is 0.381 e. The lowest BCUT2D eigenvalue weighted by atomic mass is 10.1. The van der Waals surface area contributed by atoms with Crippen LogP contribution < -0.4 is 10.9 Å². The predicted octanol–water partition coefficient (Wildman–Crippen LogP) is 1.61. The Hall–Kier alpha value is -3.00. The van der Waals surface area contributed by atoms with Crippen LogP contribution in [0, 0.1) is 11.7 Å². The molecule has 3 heterocycles. The minimum absolute atomic E-state index is 0.165. The monoisotopic (exact) mass is 370 g/mol. The molecule has 1 aliphatic heterocycles. The van der Waals surface area contributed by atoms with Crippen LogP contribution in [-0.2, 0) is 11.8 Å². The number of benzene rings is 1. The number of nitrogens with one attached hydrogen (secondary N) is 1. The third-order valence-corrected chi connectivity index (χ3v) is 4.80. The summed E-state index contributed by atoms with van der Waals surface area (Å²) < 4.78 is 21.4. The van der Waals surface area contributed by atoms with Gasteiger partial charge in [-0.3, -0.25) is 14.0 Å². The van der Waals surface area contributed by atoms with Gasteiger partial charge in [0.05, 0.1) is 12.3 Å². The van der Waals surface area contributed by atoms with E-state index >= 15 is 0 Å². The van der Waals surface area contributed by atoms with E-state index in [4.69, 9.17) is 4.74 Å². The van der Waals surface area contributed by atoms with Crippen LogP contribution in [0.3, 0.4) is 0 Å². The number of ether oxygens (including phenoxy) is 1. The Labute approximate surface area is 154 Å². The predicted molar refractivity (Wildman–Crippen MR) is 97.1 cm³/mol. The molecule has 8 heteroatoms. The maximum Gasteiger partial charge on any atom is 0.294 e. The van der Waals surface area contributed by atoms with Crippen LogP contribution in [0.4, 0.5) is 4.39 Å². The Bertz CT molecular complexity index is 1050. The number of rotatable bonds is 4. The molecule has 140 valence electrons. The maximum atomic E-state index is 13.2. The van der Waals surface area contributed by atoms with Gasteiger partial charge in [-0.25, -0.2) is 9.37 Å². The summed E-state index contributed by atoms with van der Waals surface area (Å²) in [5.74, 6) is -0.362. The third kappa shape index (κ3) is 3.35. The number of nitrogens with zero attached hydrogens (tertiary/aromatic N) is 3. The fourth-order valence-corrected chi connectivity index (χ4v) is 3.20. The molecule has 0 spiro atoms. The molecule has 2 aromatic heterocycles. The van der Waals surface area contributed by atoms with Gasteiger partial charge in [0.25, 0.3) is 11.5 Å². The third-order valence-electron chi connectivity index (χ3n) is 4.80. The fraction of sp³-hybridized carbons (Fsp3) is 0.316. The van der Waals surface area contributed by atoms with Crippen molar-refractivity contribution in [2.75, 3.05) is 19.8 Å². The summed E-state index contributed by atoms with van der Waals surface area (Å²) in [6.07, 6.45) is 4.16. The highest BCUT2D eigenvalue weighted by Gasteiger charge is 2.19. The summed E-state index contributed by atoms with van der Waals surface area (Å²) in [6.45, 7) is 1.88. The molecule has 0 saturated carbocycles. The first-order valence-corrected chi connectivity index (χ1v) is 8.73. The van der Waals surface area contributed by atoms with Gasteiger partial charge in [0.2, 0.25) is 5.65 Å². The lowest BCUT2D eigenvalue weighted by Gasteiger charge is -2.09. The maximum absolute atomic E-state index is 13.2. The van der Waals surface area contributed by atoms with Gasteiger partial charge in [0.1, 0.15) is 11.5 Å². The topological polar surface area (TPSA) is 77.6 Å². The van der Waals surface area contributed by atoms with E-state index in [1.807, 2.05) is 0 Å². The average Bonchev–Trinajstić information content (AvgIpc) is 3.33. The van der Waals surface area contributed by atoms with Crippen LogP contribution in [0.15, 0.2) is 41.5 Å². The van der Waals surface area contributed by atoms with Crippen LogP contribution in [0.2, 0.25) is 0 Å². The summed E-state index contributed by atoms with van der Waals surface area (Å²) in [7, 11) is 1.62. The summed E-state index contributed by atoms with van der Waals surface area (Å²) in [5.41, 5.74) is 1.30. The van der Waals surface area contributed by atoms with Gasteiger partial charge in [-0.2, -0.15) is 0 Å². The van der Waals surface area contributed by atoms with Crippen LogP contribution in [0.5, 0.6) is 0 Å². The minimum Gasteiger partial charge on any atom is -0.381 e. The second kappa shape index (κ2) is 6.96. The quantitative estimate of drug-likeness (QED) is 0.757. The Morgan fingerprint density at radius 3 is 2.81 bits per heavy atom. The van der Waals surface area contributed by atoms with Crippen molar-refractivity contribution in [1.29, 1.82) is 0 Å². The number of fused-ring (bicyclic) bond motifs is 1. The van der Waals surface area contributed by atoms with E-state index < -0.39 is 0 Å². The summed E-state index contributed by atoms with van der Waals surface area (Å²) in [4.78, 5) is 29.2. The Kier molecular flexibility index (Phi) is 4.49. The van der Waals surface area contributed by atoms with Crippen molar-refractivity contribution in [3.8, 4) is 11.3 Å². The van der Waals surface area contributed by atoms with Gasteiger partial charge in [-0.1, -0.05) is 0 Å². The smallest absolute Gasteiger partial charge is 0.294 e. The molecule has 1 atom stereocenters. The van der Waals surface area contributed by atoms with Crippen molar-refractivity contribution < 1.29 is 13.9 Å². The van der Waals surface area contributed by atoms with Crippen molar-refractivity contribution in [3.63, 3.8) is 0 Å². The van der Waals surface area contributed by atoms with Crippen molar-refractivity contribution >= 4 is 11.6 Å². The van der Waals surface area contributed by atoms with Crippen molar-refractivity contribution in [2.24, 2.45) is 13.0 Å². The number of aromatic nitrogens is 3. The van der Waals surface area contributed by atoms with E-state index in [0.29, 0.717) is 30.3 Å². The number of hydrogen-bond acceptors (Lipinski definition) is 4. The number of hydrogen-bond donors (Lipinski definition) is 1. The van der Waals surface area contributed by atoms with Crippen LogP contribution in [0.25, 0.3) is 16.9 Å². The number of carbonyl (C=O) groups is 1. The van der Waals surface area contributed by atoms with E-state index in [2.05, 4.69) is 10.3 Å². The molecule has 0 radical (unpaired) electrons. The molecule has 1 amide bonds. The molecule has 1 aromatic carbocycles. The second-order valence-electron chi connectivity index (χ2n) is 6.68. The number of imidazole rings is 1. The molecular weight excluding hydrogens is 351 g/mol. The SMILES string of the molecule is Cn1c(-c2ccc(F)cc2)cn2cc(C(=O)NCC3CCOC3)nc2c1=O. The summed E-state index contributed by atoms with van der Waals surface area (Å²) >= 11 is 0. The molecule has 1 unspecified atom stereocenters. The molecule has 0 bridgehead atoms. The van der Waals surface area contributed by atoms with Gasteiger partial charge in [0, 0.05) is 38.5 Å². The molecule has 1 aliphatic rings. The molecule has 3 aromatic rings. The Balaban J connectivity index is 1.65. The number of halogens is 1. The van der Waals surface area contributed by atoms with Gasteiger partial charge in [0.15, 0.2) is 0 Å². The Morgan fingerprint density at radius 1 is 1.33 bits per heavy atom. The molecule has 7 nitrogen and oxygen atoms in total. The number of amides is 1. The normalized spacial score (nSPS) is 16.7. The van der Waals surface area contributed by atoms with Crippen molar-refractivity contribution in [3.05, 3.63) is 58.5 Å². The molecule has 0 aliphatic carbocycles. The molecular formula is C19H19FN4O3. The summed E-state index contributed by atoms with van der Waals surface area (Å²) in [5, 5.41) is 2.84. The molecule has 1 saturated heterocycles. The highest BCUT2D eigenvalue weighted by Crippen LogP contribution is 2.18. The van der Waals surface area contributed by atoms with E-state index in [-0.39, 0.29) is 28.6 Å². The van der Waals surface area contributed by atoms with Crippen LogP contribution in [-0.4, -0.2) is 39.6 Å². The zero-order valence-electron chi connectivity index (χ0n) is 14.8. The van der Waals surface area contributed by atoms with Gasteiger partial charge >= 0.3 is 0 Å². The Morgan fingerprint density at radius 2 is 2.11 bits per heavy atom. The van der Waals surface area contributed by atoms with Gasteiger partial charge < -0.3 is 14.6 Å². The van der Waals surface area contributed by atoms with Gasteiger partial charge in [-0.05, 0) is 36.2 Å². The zero-order valence-corrected chi connectivity index (χ0v) is 14.8. The van der Waals surface area contributed by atoms with Crippen LogP contribution in [0.1, 0.15) is 16.9 Å². The molecule has 4 rings (SSSR count). The molecule has 1 fully saturated rings. The van der Waals surface area contributed by atoms with E-state index in [1.54, 1.807) is 25.4 Å². The zero-order chi connectivity index (χ0) is 19.0. The standard InChI is InChI=1S/C19H19FN4O3/c1-23-16(13-2-4-14(20)5-3-13)10-24-9-15(22-17(24)19(23)26)18(25)21-8-12-6-7-27-11-12/h2-5,9-10,12H,6-8,11H2,1H3,(H,21,25). The first kappa shape index (κ1) is 17.4. The lowest BCUT2D eigenvalue weighted by molar-refractivity contribution is 0.0940. The average molecular weight is 370 g/mol. The van der Waals surface area contributed by atoms with Crippen molar-refractivity contribution in [1.82, 2.24) is 19.3 Å². The minimum atomic E-state index is -0.348. The van der Waals surface area contributed by atoms with E-state index in [9.17, 15) is 14.0 Å². The first-order valence-electron chi connectivity index (χ1n) is 8.73. The number of carbonyl (C=O) groups excluding carboxylic acids is 1. The molecule has 1 N–H and O–H groups in total. The first-order chi connectivity index (χ1) is 13.0. The lowest BCUT2D eigenvalue weighted by Crippen LogP contribution is -2.29. The van der Waals surface area contributed by atoms with Crippen molar-refractivity contribution in [2.45, 2.75) is 6.42 Å². The fourth-order valence-electron chi connectivity index (χ4n) is 3.20. The highest BCUT2D eigenvalue weighted by atomic mass is 19.1. The van der Waals surface area contributed by atoms with Crippen LogP contribution >= 0.6 is 0 Å². The highest BCUT2D eigenvalue weighted by molar-refractivity contribution is 5.92. The van der Waals surface area contributed by atoms with Gasteiger partial charge in [-0.15, -0.1) is 0 Å². The van der Waals surface area contributed by atoms with E-state index in [0.717, 1.165) is 13.0 Å². The second-order valence-corrected chi connectivity index (χ2v) is 6.68.